The summed E-state index contributed by atoms with van der Waals surface area (Å²) in [4.78, 5) is 0. The van der Waals surface area contributed by atoms with Crippen LogP contribution in [0.4, 0.5) is 0 Å². The van der Waals surface area contributed by atoms with Gasteiger partial charge in [-0.1, -0.05) is 45.7 Å². The number of fused-ring (bicyclic) bond motifs is 1. The van der Waals surface area contributed by atoms with Crippen LogP contribution in [-0.4, -0.2) is 0 Å². The predicted molar refractivity (Wildman–Crippen MR) is 81.4 cm³/mol. The first-order valence-corrected chi connectivity index (χ1v) is 7.01. The molecule has 0 bridgehead atoms. The van der Waals surface area contributed by atoms with Crippen molar-refractivity contribution < 1.29 is 4.42 Å². The van der Waals surface area contributed by atoms with E-state index in [1.165, 1.54) is 0 Å². The summed E-state index contributed by atoms with van der Waals surface area (Å²) in [7, 11) is 0. The largest absolute Gasteiger partial charge is 0.459 e. The lowest BCUT2D eigenvalue weighted by molar-refractivity contribution is 0.525. The smallest absolute Gasteiger partial charge is 0.134 e. The number of hydrogen-bond donors (Lipinski definition) is 1. The molecule has 0 amide bonds. The van der Waals surface area contributed by atoms with E-state index in [-0.39, 0.29) is 6.04 Å². The zero-order chi connectivity index (χ0) is 13.4. The van der Waals surface area contributed by atoms with Gasteiger partial charge in [-0.05, 0) is 35.9 Å². The summed E-state index contributed by atoms with van der Waals surface area (Å²) in [5, 5.41) is 1.68. The maximum absolute atomic E-state index is 6.25. The first-order valence-electron chi connectivity index (χ1n) is 5.84. The van der Waals surface area contributed by atoms with Crippen LogP contribution >= 0.6 is 27.5 Å². The van der Waals surface area contributed by atoms with Crippen LogP contribution in [0.3, 0.4) is 0 Å². The van der Waals surface area contributed by atoms with E-state index < -0.39 is 0 Å². The van der Waals surface area contributed by atoms with Crippen LogP contribution in [0.25, 0.3) is 11.0 Å². The number of nitrogens with two attached hydrogens (primary N) is 1. The highest BCUT2D eigenvalue weighted by Gasteiger charge is 2.17. The van der Waals surface area contributed by atoms with Crippen molar-refractivity contribution in [2.24, 2.45) is 5.73 Å². The van der Waals surface area contributed by atoms with E-state index >= 15 is 0 Å². The van der Waals surface area contributed by atoms with E-state index in [9.17, 15) is 0 Å². The van der Waals surface area contributed by atoms with Crippen LogP contribution in [0.5, 0.6) is 0 Å². The zero-order valence-electron chi connectivity index (χ0n) is 9.94. The molecule has 1 heterocycles. The molecule has 0 radical (unpaired) electrons. The molecule has 1 aromatic heterocycles. The molecule has 2 nitrogen and oxygen atoms in total. The molecule has 3 aromatic rings. The van der Waals surface area contributed by atoms with E-state index in [1.54, 1.807) is 0 Å². The zero-order valence-corrected chi connectivity index (χ0v) is 12.3. The van der Waals surface area contributed by atoms with Gasteiger partial charge in [0.25, 0.3) is 0 Å². The fourth-order valence-electron chi connectivity index (χ4n) is 2.06. The molecular weight excluding hydrogens is 326 g/mol. The third-order valence-corrected chi connectivity index (χ3v) is 3.88. The van der Waals surface area contributed by atoms with E-state index in [0.29, 0.717) is 10.8 Å². The summed E-state index contributed by atoms with van der Waals surface area (Å²) >= 11 is 9.62. The summed E-state index contributed by atoms with van der Waals surface area (Å²) in [6, 6.07) is 15.0. The Labute approximate surface area is 124 Å². The summed E-state index contributed by atoms with van der Waals surface area (Å²) in [5.74, 6) is 0.709. The van der Waals surface area contributed by atoms with Gasteiger partial charge in [0, 0.05) is 14.9 Å². The molecule has 0 aliphatic carbocycles. The van der Waals surface area contributed by atoms with Gasteiger partial charge in [-0.3, -0.25) is 0 Å². The fraction of sp³-hybridized carbons (Fsp3) is 0.0667. The predicted octanol–water partition coefficient (Wildman–Crippen LogP) is 4.90. The Bertz CT molecular complexity index is 705. The number of furan rings is 1. The second-order valence-electron chi connectivity index (χ2n) is 4.33. The molecule has 3 rings (SSSR count). The minimum atomic E-state index is -0.377. The maximum atomic E-state index is 6.25. The number of para-hydroxylation sites is 1. The summed E-state index contributed by atoms with van der Waals surface area (Å²) in [6.45, 7) is 0. The first kappa shape index (κ1) is 12.7. The molecule has 0 saturated heterocycles. The van der Waals surface area contributed by atoms with Gasteiger partial charge in [0.1, 0.15) is 11.3 Å². The van der Waals surface area contributed by atoms with Gasteiger partial charge in [0.05, 0.1) is 6.04 Å². The van der Waals surface area contributed by atoms with Crippen LogP contribution in [0, 0.1) is 0 Å². The molecule has 2 N–H and O–H groups in total. The van der Waals surface area contributed by atoms with Crippen molar-refractivity contribution in [2.45, 2.75) is 6.04 Å². The minimum Gasteiger partial charge on any atom is -0.459 e. The van der Waals surface area contributed by atoms with E-state index in [2.05, 4.69) is 15.9 Å². The average Bonchev–Trinajstić information content (AvgIpc) is 2.84. The number of benzene rings is 2. The SMILES string of the molecule is NC(c1cc2ccccc2o1)c1cc(Br)ccc1Cl. The van der Waals surface area contributed by atoms with Crippen LogP contribution in [-0.2, 0) is 0 Å². The Morgan fingerprint density at radius 2 is 1.89 bits per heavy atom. The Balaban J connectivity index is 2.07. The van der Waals surface area contributed by atoms with Crippen molar-refractivity contribution in [3.05, 3.63) is 69.3 Å². The molecule has 2 aromatic carbocycles. The van der Waals surface area contributed by atoms with Crippen LogP contribution in [0.1, 0.15) is 17.4 Å². The molecule has 0 spiro atoms. The van der Waals surface area contributed by atoms with Gasteiger partial charge in [-0.2, -0.15) is 0 Å². The number of rotatable bonds is 2. The number of hydrogen-bond acceptors (Lipinski definition) is 2. The second kappa shape index (κ2) is 5.00. The highest BCUT2D eigenvalue weighted by Crippen LogP contribution is 2.31. The molecule has 1 atom stereocenters. The van der Waals surface area contributed by atoms with Crippen LogP contribution in [0.2, 0.25) is 5.02 Å². The normalized spacial score (nSPS) is 12.8. The van der Waals surface area contributed by atoms with Crippen LogP contribution in [0.15, 0.2) is 57.4 Å². The number of halogens is 2. The highest BCUT2D eigenvalue weighted by molar-refractivity contribution is 9.10. The van der Waals surface area contributed by atoms with Crippen molar-refractivity contribution in [2.75, 3.05) is 0 Å². The van der Waals surface area contributed by atoms with Gasteiger partial charge < -0.3 is 10.2 Å². The quantitative estimate of drug-likeness (QED) is 0.723. The Hall–Kier alpha value is -1.29. The van der Waals surface area contributed by atoms with E-state index in [1.807, 2.05) is 48.5 Å². The molecule has 0 aliphatic rings. The van der Waals surface area contributed by atoms with Crippen molar-refractivity contribution >= 4 is 38.5 Å². The monoisotopic (exact) mass is 335 g/mol. The van der Waals surface area contributed by atoms with Crippen molar-refractivity contribution in [3.63, 3.8) is 0 Å². The Kier molecular flexibility index (Phi) is 3.35. The summed E-state index contributed by atoms with van der Waals surface area (Å²) in [6.07, 6.45) is 0. The van der Waals surface area contributed by atoms with Gasteiger partial charge in [0.15, 0.2) is 0 Å². The molecule has 4 heteroatoms. The van der Waals surface area contributed by atoms with E-state index in [4.69, 9.17) is 21.8 Å². The maximum Gasteiger partial charge on any atom is 0.134 e. The summed E-state index contributed by atoms with van der Waals surface area (Å²) in [5.41, 5.74) is 7.93. The lowest BCUT2D eigenvalue weighted by Gasteiger charge is -2.11. The highest BCUT2D eigenvalue weighted by atomic mass is 79.9. The van der Waals surface area contributed by atoms with Gasteiger partial charge in [0.2, 0.25) is 0 Å². The fourth-order valence-corrected chi connectivity index (χ4v) is 2.68. The van der Waals surface area contributed by atoms with Crippen molar-refractivity contribution in [1.82, 2.24) is 0 Å². The molecule has 0 saturated carbocycles. The topological polar surface area (TPSA) is 39.2 Å². The third kappa shape index (κ3) is 2.41. The van der Waals surface area contributed by atoms with E-state index in [0.717, 1.165) is 21.0 Å². The molecular formula is C15H11BrClNO. The molecule has 19 heavy (non-hydrogen) atoms. The standard InChI is InChI=1S/C15H11BrClNO/c16-10-5-6-12(17)11(8-10)15(18)14-7-9-3-1-2-4-13(9)19-14/h1-8,15H,18H2. The van der Waals surface area contributed by atoms with Crippen LogP contribution < -0.4 is 5.73 Å². The molecule has 96 valence electrons. The lowest BCUT2D eigenvalue weighted by atomic mass is 10.1. The molecule has 0 aliphatic heterocycles. The molecule has 1 unspecified atom stereocenters. The second-order valence-corrected chi connectivity index (χ2v) is 5.65. The molecule has 0 fully saturated rings. The van der Waals surface area contributed by atoms with Crippen molar-refractivity contribution in [3.8, 4) is 0 Å². The minimum absolute atomic E-state index is 0.377. The van der Waals surface area contributed by atoms with Gasteiger partial charge >= 0.3 is 0 Å². The lowest BCUT2D eigenvalue weighted by Crippen LogP contribution is -2.11. The van der Waals surface area contributed by atoms with Gasteiger partial charge in [-0.25, -0.2) is 0 Å². The van der Waals surface area contributed by atoms with Gasteiger partial charge in [-0.15, -0.1) is 0 Å². The Morgan fingerprint density at radius 1 is 1.11 bits per heavy atom. The average molecular weight is 337 g/mol. The Morgan fingerprint density at radius 3 is 2.68 bits per heavy atom. The van der Waals surface area contributed by atoms with Crippen molar-refractivity contribution in [1.29, 1.82) is 0 Å². The first-order chi connectivity index (χ1) is 9.15. The summed E-state index contributed by atoms with van der Waals surface area (Å²) < 4.78 is 6.72. The third-order valence-electron chi connectivity index (χ3n) is 3.04.